The van der Waals surface area contributed by atoms with Gasteiger partial charge in [-0.25, -0.2) is 0 Å². The van der Waals surface area contributed by atoms with Crippen molar-refractivity contribution in [1.82, 2.24) is 0 Å². The van der Waals surface area contributed by atoms with Crippen molar-refractivity contribution in [1.29, 1.82) is 0 Å². The highest BCUT2D eigenvalue weighted by atomic mass is 127. The minimum atomic E-state index is -0.719. The number of carboxylic acids is 1. The Kier molecular flexibility index (Phi) is 5.68. The minimum Gasteiger partial charge on any atom is -0.480 e. The first-order valence-corrected chi connectivity index (χ1v) is 5.75. The number of rotatable bonds is 5. The van der Waals surface area contributed by atoms with E-state index in [1.165, 1.54) is 0 Å². The Bertz CT molecular complexity index is 140. The summed E-state index contributed by atoms with van der Waals surface area (Å²) in [5.74, 6) is -0.719. The van der Waals surface area contributed by atoms with E-state index >= 15 is 0 Å². The molecule has 4 heteroatoms. The molecule has 0 aromatic rings. The van der Waals surface area contributed by atoms with Crippen LogP contribution in [0.3, 0.4) is 0 Å². The van der Waals surface area contributed by atoms with Crippen molar-refractivity contribution in [3.63, 3.8) is 0 Å². The third-order valence-electron chi connectivity index (χ3n) is 1.52. The van der Waals surface area contributed by atoms with Crippen molar-refractivity contribution in [3.8, 4) is 0 Å². The van der Waals surface area contributed by atoms with Crippen molar-refractivity contribution < 1.29 is 9.90 Å². The molecule has 1 N–H and O–H groups in total. The Labute approximate surface area is 89.0 Å². The molecular formula is C7H12BrIO2. The van der Waals surface area contributed by atoms with E-state index in [4.69, 9.17) is 5.11 Å². The maximum Gasteiger partial charge on any atom is 0.320 e. The first-order chi connectivity index (χ1) is 5.06. The molecule has 0 amide bonds. The highest BCUT2D eigenvalue weighted by molar-refractivity contribution is 14.1. The molecule has 0 saturated carbocycles. The van der Waals surface area contributed by atoms with Gasteiger partial charge in [0.15, 0.2) is 0 Å². The van der Waals surface area contributed by atoms with Gasteiger partial charge in [-0.15, -0.1) is 0 Å². The molecule has 66 valence electrons. The number of carboxylic acid groups (broad SMARTS) is 1. The molecule has 1 atom stereocenters. The quantitative estimate of drug-likeness (QED) is 0.620. The molecule has 0 heterocycles. The lowest BCUT2D eigenvalue weighted by molar-refractivity contribution is -0.138. The highest BCUT2D eigenvalue weighted by Crippen LogP contribution is 2.28. The summed E-state index contributed by atoms with van der Waals surface area (Å²) >= 11 is 5.22. The second-order valence-electron chi connectivity index (χ2n) is 2.51. The fourth-order valence-electron chi connectivity index (χ4n) is 0.688. The summed E-state index contributed by atoms with van der Waals surface area (Å²) in [6.45, 7) is 2.06. The van der Waals surface area contributed by atoms with Crippen molar-refractivity contribution >= 4 is 44.5 Å². The Hall–Kier alpha value is 0.680. The molecule has 11 heavy (non-hydrogen) atoms. The summed E-state index contributed by atoms with van der Waals surface area (Å²) < 4.78 is -0.603. The molecule has 0 unspecified atom stereocenters. The molecule has 0 aromatic carbocycles. The van der Waals surface area contributed by atoms with Crippen LogP contribution in [0.15, 0.2) is 0 Å². The number of halogens is 2. The summed E-state index contributed by atoms with van der Waals surface area (Å²) in [6.07, 6.45) is 2.76. The van der Waals surface area contributed by atoms with Gasteiger partial charge < -0.3 is 5.11 Å². The maximum atomic E-state index is 10.7. The van der Waals surface area contributed by atoms with Crippen LogP contribution in [0.4, 0.5) is 0 Å². The van der Waals surface area contributed by atoms with Crippen LogP contribution in [0.2, 0.25) is 0 Å². The number of hydrogen-bond acceptors (Lipinski definition) is 1. The standard InChI is InChI=1S/C7H12BrIO2/c1-2-3-4-7(9,5-8)6(10)11/h2-5H2,1H3,(H,10,11)/t7-/m1/s1. The van der Waals surface area contributed by atoms with Gasteiger partial charge in [0.05, 0.1) is 0 Å². The van der Waals surface area contributed by atoms with E-state index < -0.39 is 9.39 Å². The van der Waals surface area contributed by atoms with Crippen LogP contribution in [0, 0.1) is 0 Å². The fourth-order valence-corrected chi connectivity index (χ4v) is 1.59. The first-order valence-electron chi connectivity index (χ1n) is 3.55. The third-order valence-corrected chi connectivity index (χ3v) is 4.91. The zero-order valence-corrected chi connectivity index (χ0v) is 10.2. The molecule has 0 aliphatic rings. The molecule has 0 aromatic heterocycles. The normalized spacial score (nSPS) is 15.9. The summed E-state index contributed by atoms with van der Waals surface area (Å²) in [7, 11) is 0. The molecule has 0 rings (SSSR count). The van der Waals surface area contributed by atoms with Gasteiger partial charge in [-0.1, -0.05) is 58.3 Å². The second kappa shape index (κ2) is 5.35. The molecule has 0 saturated heterocycles. The van der Waals surface area contributed by atoms with E-state index in [1.807, 2.05) is 22.6 Å². The largest absolute Gasteiger partial charge is 0.480 e. The smallest absolute Gasteiger partial charge is 0.320 e. The van der Waals surface area contributed by atoms with Crippen molar-refractivity contribution in [3.05, 3.63) is 0 Å². The SMILES string of the molecule is CCCC[C@@](I)(CBr)C(=O)O. The Morgan fingerprint density at radius 1 is 1.73 bits per heavy atom. The zero-order valence-electron chi connectivity index (χ0n) is 6.44. The lowest BCUT2D eigenvalue weighted by Gasteiger charge is -2.18. The van der Waals surface area contributed by atoms with Gasteiger partial charge in [-0.05, 0) is 6.42 Å². The van der Waals surface area contributed by atoms with Gasteiger partial charge in [-0.3, -0.25) is 4.79 Å². The minimum absolute atomic E-state index is 0.524. The van der Waals surface area contributed by atoms with Crippen LogP contribution in [0.25, 0.3) is 0 Å². The molecule has 0 aliphatic carbocycles. The maximum absolute atomic E-state index is 10.7. The molecule has 0 spiro atoms. The second-order valence-corrected chi connectivity index (χ2v) is 5.13. The van der Waals surface area contributed by atoms with Gasteiger partial charge in [0.25, 0.3) is 0 Å². The topological polar surface area (TPSA) is 37.3 Å². The number of carbonyl (C=O) groups is 1. The summed E-state index contributed by atoms with van der Waals surface area (Å²) in [6, 6.07) is 0. The average molecular weight is 335 g/mol. The predicted molar refractivity (Wildman–Crippen MR) is 57.7 cm³/mol. The molecular weight excluding hydrogens is 323 g/mol. The monoisotopic (exact) mass is 334 g/mol. The molecule has 0 aliphatic heterocycles. The van der Waals surface area contributed by atoms with Crippen molar-refractivity contribution in [2.75, 3.05) is 5.33 Å². The Morgan fingerprint density at radius 3 is 2.55 bits per heavy atom. The van der Waals surface area contributed by atoms with Crippen LogP contribution < -0.4 is 0 Å². The number of aliphatic carboxylic acids is 1. The van der Waals surface area contributed by atoms with Crippen molar-refractivity contribution in [2.24, 2.45) is 0 Å². The molecule has 0 fully saturated rings. The van der Waals surface area contributed by atoms with Crippen LogP contribution in [0.1, 0.15) is 26.2 Å². The average Bonchev–Trinajstić information content (AvgIpc) is 2.00. The lowest BCUT2D eigenvalue weighted by Crippen LogP contribution is -2.33. The predicted octanol–water partition coefficient (Wildman–Crippen LogP) is 2.83. The van der Waals surface area contributed by atoms with Crippen LogP contribution in [-0.4, -0.2) is 19.8 Å². The fraction of sp³-hybridized carbons (Fsp3) is 0.857. The molecule has 0 radical (unpaired) electrons. The van der Waals surface area contributed by atoms with Crippen LogP contribution in [0.5, 0.6) is 0 Å². The van der Waals surface area contributed by atoms with Gasteiger partial charge in [0.2, 0.25) is 0 Å². The van der Waals surface area contributed by atoms with E-state index in [0.717, 1.165) is 19.3 Å². The van der Waals surface area contributed by atoms with Crippen LogP contribution in [-0.2, 0) is 4.79 Å². The van der Waals surface area contributed by atoms with E-state index in [9.17, 15) is 4.79 Å². The van der Waals surface area contributed by atoms with Gasteiger partial charge in [-0.2, -0.15) is 0 Å². The third kappa shape index (κ3) is 3.73. The van der Waals surface area contributed by atoms with Crippen molar-refractivity contribution in [2.45, 2.75) is 29.6 Å². The Morgan fingerprint density at radius 2 is 2.27 bits per heavy atom. The molecule has 2 nitrogen and oxygen atoms in total. The van der Waals surface area contributed by atoms with Crippen LogP contribution >= 0.6 is 38.5 Å². The van der Waals surface area contributed by atoms with E-state index in [0.29, 0.717) is 5.33 Å². The van der Waals surface area contributed by atoms with E-state index in [-0.39, 0.29) is 0 Å². The van der Waals surface area contributed by atoms with Gasteiger partial charge >= 0.3 is 5.97 Å². The van der Waals surface area contributed by atoms with E-state index in [1.54, 1.807) is 0 Å². The number of hydrogen-bond donors (Lipinski definition) is 1. The van der Waals surface area contributed by atoms with Gasteiger partial charge in [0.1, 0.15) is 3.42 Å². The summed E-state index contributed by atoms with van der Waals surface area (Å²) in [5, 5.41) is 9.35. The zero-order chi connectivity index (χ0) is 8.91. The molecule has 0 bridgehead atoms. The lowest BCUT2D eigenvalue weighted by atomic mass is 10.1. The highest BCUT2D eigenvalue weighted by Gasteiger charge is 2.33. The first kappa shape index (κ1) is 11.7. The summed E-state index contributed by atoms with van der Waals surface area (Å²) in [5.41, 5.74) is 0. The van der Waals surface area contributed by atoms with E-state index in [2.05, 4.69) is 22.9 Å². The Balaban J connectivity index is 3.99. The summed E-state index contributed by atoms with van der Waals surface area (Å²) in [4.78, 5) is 10.7. The number of unbranched alkanes of at least 4 members (excludes halogenated alkanes) is 1. The van der Waals surface area contributed by atoms with Gasteiger partial charge in [0, 0.05) is 5.33 Å². The number of alkyl halides is 2.